The smallest absolute Gasteiger partial charge is 0.205 e. The van der Waals surface area contributed by atoms with Gasteiger partial charge in [-0.05, 0) is 24.3 Å². The summed E-state index contributed by atoms with van der Waals surface area (Å²) in [5.74, 6) is 0.218. The van der Waals surface area contributed by atoms with E-state index in [1.54, 1.807) is 24.3 Å². The minimum atomic E-state index is -1.16. The summed E-state index contributed by atoms with van der Waals surface area (Å²) in [5.41, 5.74) is 0.167. The highest BCUT2D eigenvalue weighted by Crippen LogP contribution is 2.37. The van der Waals surface area contributed by atoms with Crippen molar-refractivity contribution in [3.05, 3.63) is 42.0 Å². The first kappa shape index (κ1) is 18.4. The van der Waals surface area contributed by atoms with E-state index in [1.807, 2.05) is 0 Å². The fraction of sp³-hybridized carbons (Fsp3) is 0.278. The van der Waals surface area contributed by atoms with Crippen LogP contribution in [0.4, 0.5) is 0 Å². The zero-order chi connectivity index (χ0) is 18.4. The molecule has 0 aliphatic heterocycles. The number of methoxy groups -OCH3 is 3. The normalized spacial score (nSPS) is 11.5. The van der Waals surface area contributed by atoms with E-state index in [1.165, 1.54) is 33.5 Å². The van der Waals surface area contributed by atoms with Crippen LogP contribution in [0.1, 0.15) is 10.4 Å². The lowest BCUT2D eigenvalue weighted by molar-refractivity contribution is 0.0651. The number of ketones is 1. The van der Waals surface area contributed by atoms with Crippen LogP contribution in [-0.2, 0) is 0 Å². The summed E-state index contributed by atoms with van der Waals surface area (Å²) in [7, 11) is 4.20. The number of aliphatic hydroxyl groups is 1. The monoisotopic (exact) mass is 348 g/mol. The Balaban J connectivity index is 2.33. The first-order valence-corrected chi connectivity index (χ1v) is 7.45. The quantitative estimate of drug-likeness (QED) is 0.705. The van der Waals surface area contributed by atoms with Gasteiger partial charge in [0.2, 0.25) is 11.5 Å². The zero-order valence-corrected chi connectivity index (χ0v) is 14.2. The van der Waals surface area contributed by atoms with Gasteiger partial charge in [-0.1, -0.05) is 12.1 Å². The maximum Gasteiger partial charge on any atom is 0.205 e. The van der Waals surface area contributed by atoms with Gasteiger partial charge in [0.25, 0.3) is 0 Å². The molecule has 0 spiro atoms. The third-order valence-corrected chi connectivity index (χ3v) is 3.56. The summed E-state index contributed by atoms with van der Waals surface area (Å²) in [6, 6.07) is 9.51. The number of Topliss-reactive ketones (excluding diaryl/α,β-unsaturated/α-hetero) is 1. The largest absolute Gasteiger partial charge is 0.502 e. The SMILES string of the molecule is COc1ccccc1OC(CO)C(=O)c1cc(OC)c(O)c(OC)c1. The highest BCUT2D eigenvalue weighted by molar-refractivity contribution is 6.01. The lowest BCUT2D eigenvalue weighted by atomic mass is 10.0. The van der Waals surface area contributed by atoms with E-state index in [9.17, 15) is 15.0 Å². The van der Waals surface area contributed by atoms with Crippen LogP contribution in [-0.4, -0.2) is 50.0 Å². The number of hydrogen-bond acceptors (Lipinski definition) is 7. The fourth-order valence-corrected chi connectivity index (χ4v) is 2.26. The van der Waals surface area contributed by atoms with Gasteiger partial charge in [-0.15, -0.1) is 0 Å². The molecule has 0 aliphatic carbocycles. The molecule has 7 heteroatoms. The van der Waals surface area contributed by atoms with Crippen LogP contribution < -0.4 is 18.9 Å². The maximum absolute atomic E-state index is 12.7. The predicted molar refractivity (Wildman–Crippen MR) is 90.0 cm³/mol. The van der Waals surface area contributed by atoms with Crippen LogP contribution in [0, 0.1) is 0 Å². The fourth-order valence-electron chi connectivity index (χ4n) is 2.26. The van der Waals surface area contributed by atoms with E-state index in [4.69, 9.17) is 18.9 Å². The van der Waals surface area contributed by atoms with Gasteiger partial charge < -0.3 is 29.2 Å². The first-order valence-electron chi connectivity index (χ1n) is 7.45. The summed E-state index contributed by atoms with van der Waals surface area (Å²) in [6.07, 6.45) is -1.16. The number of aliphatic hydroxyl groups excluding tert-OH is 1. The van der Waals surface area contributed by atoms with Crippen molar-refractivity contribution in [2.45, 2.75) is 6.10 Å². The number of rotatable bonds is 8. The second kappa shape index (κ2) is 8.25. The minimum Gasteiger partial charge on any atom is -0.502 e. The molecule has 1 atom stereocenters. The molecule has 2 aromatic carbocycles. The van der Waals surface area contributed by atoms with Gasteiger partial charge in [0.15, 0.2) is 29.1 Å². The molecule has 0 aliphatic rings. The Hall–Kier alpha value is -2.93. The van der Waals surface area contributed by atoms with Gasteiger partial charge in [0.05, 0.1) is 27.9 Å². The van der Waals surface area contributed by atoms with Gasteiger partial charge >= 0.3 is 0 Å². The van der Waals surface area contributed by atoms with Crippen LogP contribution in [0.15, 0.2) is 36.4 Å². The molecule has 2 aromatic rings. The van der Waals surface area contributed by atoms with Crippen molar-refractivity contribution >= 4 is 5.78 Å². The van der Waals surface area contributed by atoms with Gasteiger partial charge in [-0.2, -0.15) is 0 Å². The molecule has 0 bridgehead atoms. The number of carbonyl (C=O) groups excluding carboxylic acids is 1. The average molecular weight is 348 g/mol. The number of benzene rings is 2. The van der Waals surface area contributed by atoms with E-state index < -0.39 is 18.5 Å². The summed E-state index contributed by atoms with van der Waals surface area (Å²) in [6.45, 7) is -0.539. The summed E-state index contributed by atoms with van der Waals surface area (Å²) in [4.78, 5) is 12.7. The van der Waals surface area contributed by atoms with Gasteiger partial charge in [0.1, 0.15) is 0 Å². The molecule has 7 nitrogen and oxygen atoms in total. The number of ether oxygens (including phenoxy) is 4. The van der Waals surface area contributed by atoms with E-state index in [-0.39, 0.29) is 22.8 Å². The molecule has 1 unspecified atom stereocenters. The Bertz CT molecular complexity index is 717. The molecular weight excluding hydrogens is 328 g/mol. The van der Waals surface area contributed by atoms with Crippen molar-refractivity contribution in [1.82, 2.24) is 0 Å². The lowest BCUT2D eigenvalue weighted by Gasteiger charge is -2.18. The molecule has 0 heterocycles. The van der Waals surface area contributed by atoms with Crippen molar-refractivity contribution in [3.8, 4) is 28.7 Å². The van der Waals surface area contributed by atoms with E-state index in [0.717, 1.165) is 0 Å². The standard InChI is InChI=1S/C18H20O7/c1-22-12-6-4-5-7-13(12)25-16(10-19)17(20)11-8-14(23-2)18(21)15(9-11)24-3/h4-9,16,19,21H,10H2,1-3H3. The molecule has 0 radical (unpaired) electrons. The van der Waals surface area contributed by atoms with E-state index >= 15 is 0 Å². The number of aromatic hydroxyl groups is 1. The van der Waals surface area contributed by atoms with Crippen LogP contribution >= 0.6 is 0 Å². The summed E-state index contributed by atoms with van der Waals surface area (Å²) >= 11 is 0. The van der Waals surface area contributed by atoms with E-state index in [0.29, 0.717) is 11.5 Å². The van der Waals surface area contributed by atoms with Crippen molar-refractivity contribution in [1.29, 1.82) is 0 Å². The predicted octanol–water partition coefficient (Wildman–Crippen LogP) is 2.04. The Morgan fingerprint density at radius 1 is 0.960 bits per heavy atom. The molecule has 0 saturated carbocycles. The molecule has 2 N–H and O–H groups in total. The summed E-state index contributed by atoms with van der Waals surface area (Å²) in [5, 5.41) is 19.5. The average Bonchev–Trinajstić information content (AvgIpc) is 2.65. The van der Waals surface area contributed by atoms with Crippen molar-refractivity contribution in [2.75, 3.05) is 27.9 Å². The Morgan fingerprint density at radius 3 is 1.96 bits per heavy atom. The van der Waals surface area contributed by atoms with Crippen LogP contribution in [0.3, 0.4) is 0 Å². The number of carbonyl (C=O) groups is 1. The van der Waals surface area contributed by atoms with Crippen molar-refractivity contribution in [2.24, 2.45) is 0 Å². The second-order valence-electron chi connectivity index (χ2n) is 5.03. The van der Waals surface area contributed by atoms with Crippen LogP contribution in [0.25, 0.3) is 0 Å². The lowest BCUT2D eigenvalue weighted by Crippen LogP contribution is -2.31. The number of hydrogen-bond donors (Lipinski definition) is 2. The van der Waals surface area contributed by atoms with Crippen LogP contribution in [0.5, 0.6) is 28.7 Å². The Kier molecular flexibility index (Phi) is 6.08. The van der Waals surface area contributed by atoms with Crippen molar-refractivity contribution in [3.63, 3.8) is 0 Å². The second-order valence-corrected chi connectivity index (χ2v) is 5.03. The van der Waals surface area contributed by atoms with Crippen molar-refractivity contribution < 1.29 is 34.0 Å². The molecule has 2 rings (SSSR count). The zero-order valence-electron chi connectivity index (χ0n) is 14.2. The topological polar surface area (TPSA) is 94.5 Å². The molecular formula is C18H20O7. The highest BCUT2D eigenvalue weighted by atomic mass is 16.5. The third-order valence-electron chi connectivity index (χ3n) is 3.56. The number of phenols is 1. The molecule has 0 amide bonds. The molecule has 0 fully saturated rings. The third kappa shape index (κ3) is 3.95. The van der Waals surface area contributed by atoms with Crippen LogP contribution in [0.2, 0.25) is 0 Å². The Labute approximate surface area is 145 Å². The molecule has 0 saturated heterocycles. The number of phenolic OH excluding ortho intramolecular Hbond substituents is 1. The van der Waals surface area contributed by atoms with Gasteiger partial charge in [-0.3, -0.25) is 4.79 Å². The first-order chi connectivity index (χ1) is 12.0. The molecule has 134 valence electrons. The van der Waals surface area contributed by atoms with Gasteiger partial charge in [-0.25, -0.2) is 0 Å². The molecule has 0 aromatic heterocycles. The highest BCUT2D eigenvalue weighted by Gasteiger charge is 2.25. The molecule has 25 heavy (non-hydrogen) atoms. The van der Waals surface area contributed by atoms with E-state index in [2.05, 4.69) is 0 Å². The Morgan fingerprint density at radius 2 is 1.48 bits per heavy atom. The summed E-state index contributed by atoms with van der Waals surface area (Å²) < 4.78 is 20.9. The van der Waals surface area contributed by atoms with Gasteiger partial charge in [0, 0.05) is 5.56 Å². The maximum atomic E-state index is 12.7. The number of para-hydroxylation sites is 2. The minimum absolute atomic E-state index is 0.0803.